The number of benzene rings is 1. The summed E-state index contributed by atoms with van der Waals surface area (Å²) in [6.07, 6.45) is 5.03. The van der Waals surface area contributed by atoms with Crippen LogP contribution in [0.5, 0.6) is 5.75 Å². The molecule has 0 saturated heterocycles. The summed E-state index contributed by atoms with van der Waals surface area (Å²) >= 11 is 6.07. The molecule has 2 fully saturated rings. The molecule has 0 radical (unpaired) electrons. The van der Waals surface area contributed by atoms with Gasteiger partial charge < -0.3 is 4.74 Å². The molecule has 1 aromatic carbocycles. The van der Waals surface area contributed by atoms with Crippen LogP contribution in [0.25, 0.3) is 0 Å². The van der Waals surface area contributed by atoms with Crippen LogP contribution >= 0.6 is 11.6 Å². The van der Waals surface area contributed by atoms with Crippen molar-refractivity contribution in [1.29, 1.82) is 0 Å². The van der Waals surface area contributed by atoms with Gasteiger partial charge in [0.15, 0.2) is 5.78 Å². The number of rotatable bonds is 3. The Hall–Kier alpha value is -1.02. The molecule has 1 aromatic rings. The van der Waals surface area contributed by atoms with Crippen molar-refractivity contribution in [1.82, 2.24) is 0 Å². The Labute approximate surface area is 112 Å². The van der Waals surface area contributed by atoms with E-state index in [-0.39, 0.29) is 11.7 Å². The van der Waals surface area contributed by atoms with Crippen molar-refractivity contribution in [3.8, 4) is 5.75 Å². The van der Waals surface area contributed by atoms with Crippen LogP contribution in [0.1, 0.15) is 36.0 Å². The molecule has 18 heavy (non-hydrogen) atoms. The van der Waals surface area contributed by atoms with Crippen LogP contribution in [0, 0.1) is 17.8 Å². The maximum Gasteiger partial charge on any atom is 0.166 e. The molecule has 2 atom stereocenters. The zero-order valence-electron chi connectivity index (χ0n) is 10.5. The van der Waals surface area contributed by atoms with E-state index in [9.17, 15) is 4.79 Å². The summed E-state index contributed by atoms with van der Waals surface area (Å²) in [4.78, 5) is 12.4. The Morgan fingerprint density at radius 3 is 2.50 bits per heavy atom. The first-order chi connectivity index (χ1) is 8.72. The van der Waals surface area contributed by atoms with Crippen molar-refractivity contribution in [2.24, 2.45) is 17.8 Å². The first-order valence-corrected chi connectivity index (χ1v) is 6.98. The first kappa shape index (κ1) is 12.0. The van der Waals surface area contributed by atoms with Crippen LogP contribution in [-0.2, 0) is 0 Å². The van der Waals surface area contributed by atoms with E-state index in [1.807, 2.05) is 6.07 Å². The molecule has 0 N–H and O–H groups in total. The number of Topliss-reactive ketones (excluding diaryl/α,β-unsaturated/α-hetero) is 1. The van der Waals surface area contributed by atoms with Crippen LogP contribution in [0.15, 0.2) is 18.2 Å². The highest BCUT2D eigenvalue weighted by atomic mass is 35.5. The van der Waals surface area contributed by atoms with Crippen LogP contribution in [0.4, 0.5) is 0 Å². The number of carbonyl (C=O) groups is 1. The largest absolute Gasteiger partial charge is 0.495 e. The van der Waals surface area contributed by atoms with Crippen molar-refractivity contribution in [2.75, 3.05) is 7.11 Å². The summed E-state index contributed by atoms with van der Waals surface area (Å²) in [7, 11) is 1.58. The van der Waals surface area contributed by atoms with Gasteiger partial charge in [0.25, 0.3) is 0 Å². The van der Waals surface area contributed by atoms with Crippen LogP contribution in [-0.4, -0.2) is 12.9 Å². The van der Waals surface area contributed by atoms with Gasteiger partial charge in [-0.15, -0.1) is 0 Å². The molecule has 0 spiro atoms. The molecule has 2 saturated carbocycles. The second-order valence-corrected chi connectivity index (χ2v) is 5.76. The highest BCUT2D eigenvalue weighted by molar-refractivity contribution is 6.32. The molecule has 0 aliphatic heterocycles. The van der Waals surface area contributed by atoms with Gasteiger partial charge in [-0.05, 0) is 42.9 Å². The molecular weight excluding hydrogens is 248 g/mol. The quantitative estimate of drug-likeness (QED) is 0.772. The highest BCUT2D eigenvalue weighted by Crippen LogP contribution is 2.56. The summed E-state index contributed by atoms with van der Waals surface area (Å²) in [5.74, 6) is 2.45. The topological polar surface area (TPSA) is 26.3 Å². The van der Waals surface area contributed by atoms with E-state index >= 15 is 0 Å². The number of ether oxygens (including phenoxy) is 1. The number of halogens is 1. The Balaban J connectivity index is 1.79. The zero-order valence-corrected chi connectivity index (χ0v) is 11.2. The van der Waals surface area contributed by atoms with Crippen molar-refractivity contribution >= 4 is 17.4 Å². The maximum atomic E-state index is 12.4. The standard InChI is InChI=1S/C15H17ClO2/c1-18-13-7-6-9(8-12(13)16)15(17)14-10-4-2-3-5-11(10)14/h6-8,10-11,14H,2-5H2,1H3. The number of fused-ring (bicyclic) bond motifs is 1. The van der Waals surface area contributed by atoms with E-state index in [0.717, 1.165) is 5.56 Å². The van der Waals surface area contributed by atoms with Gasteiger partial charge in [-0.2, -0.15) is 0 Å². The molecule has 3 rings (SSSR count). The minimum atomic E-state index is 0.261. The summed E-state index contributed by atoms with van der Waals surface area (Å²) in [5.41, 5.74) is 0.736. The fourth-order valence-electron chi connectivity index (χ4n) is 3.39. The van der Waals surface area contributed by atoms with Gasteiger partial charge in [-0.1, -0.05) is 24.4 Å². The molecule has 2 nitrogen and oxygen atoms in total. The van der Waals surface area contributed by atoms with Crippen molar-refractivity contribution in [3.63, 3.8) is 0 Å². The highest BCUT2D eigenvalue weighted by Gasteiger charge is 2.54. The average Bonchev–Trinajstić information content (AvgIpc) is 3.12. The Bertz CT molecular complexity index is 471. The minimum absolute atomic E-state index is 0.261. The minimum Gasteiger partial charge on any atom is -0.495 e. The van der Waals surface area contributed by atoms with Gasteiger partial charge in [0, 0.05) is 11.5 Å². The molecular formula is C15H17ClO2. The monoisotopic (exact) mass is 264 g/mol. The summed E-state index contributed by atoms with van der Waals surface area (Å²) in [6.45, 7) is 0. The van der Waals surface area contributed by atoms with Gasteiger partial charge >= 0.3 is 0 Å². The molecule has 96 valence electrons. The van der Waals surface area contributed by atoms with Gasteiger partial charge in [0.2, 0.25) is 0 Å². The predicted octanol–water partition coefficient (Wildman–Crippen LogP) is 3.97. The summed E-state index contributed by atoms with van der Waals surface area (Å²) in [5, 5.41) is 0.520. The molecule has 3 heteroatoms. The lowest BCUT2D eigenvalue weighted by Crippen LogP contribution is -2.04. The lowest BCUT2D eigenvalue weighted by molar-refractivity contribution is 0.0956. The third-order valence-corrected chi connectivity index (χ3v) is 4.69. The molecule has 2 aliphatic rings. The molecule has 0 heterocycles. The lowest BCUT2D eigenvalue weighted by atomic mass is 10.0. The average molecular weight is 265 g/mol. The molecule has 0 amide bonds. The molecule has 0 aromatic heterocycles. The number of hydrogen-bond donors (Lipinski definition) is 0. The molecule has 2 aliphatic carbocycles. The van der Waals surface area contributed by atoms with Gasteiger partial charge in [-0.3, -0.25) is 4.79 Å². The number of ketones is 1. The third kappa shape index (κ3) is 1.93. The van der Waals surface area contributed by atoms with Crippen LogP contribution in [0.2, 0.25) is 5.02 Å². The van der Waals surface area contributed by atoms with Crippen LogP contribution in [0.3, 0.4) is 0 Å². The number of hydrogen-bond acceptors (Lipinski definition) is 2. The summed E-state index contributed by atoms with van der Waals surface area (Å²) < 4.78 is 5.11. The van der Waals surface area contributed by atoms with E-state index in [0.29, 0.717) is 22.6 Å². The van der Waals surface area contributed by atoms with Crippen LogP contribution < -0.4 is 4.74 Å². The van der Waals surface area contributed by atoms with E-state index < -0.39 is 0 Å². The van der Waals surface area contributed by atoms with Gasteiger partial charge in [-0.25, -0.2) is 0 Å². The lowest BCUT2D eigenvalue weighted by Gasteiger charge is -2.05. The second kappa shape index (κ2) is 4.58. The maximum absolute atomic E-state index is 12.4. The predicted molar refractivity (Wildman–Crippen MR) is 71.3 cm³/mol. The smallest absolute Gasteiger partial charge is 0.166 e. The van der Waals surface area contributed by atoms with E-state index in [1.165, 1.54) is 25.7 Å². The van der Waals surface area contributed by atoms with Crippen molar-refractivity contribution in [2.45, 2.75) is 25.7 Å². The first-order valence-electron chi connectivity index (χ1n) is 6.60. The Kier molecular flexibility index (Phi) is 3.06. The van der Waals surface area contributed by atoms with Gasteiger partial charge in [0.05, 0.1) is 12.1 Å². The van der Waals surface area contributed by atoms with E-state index in [1.54, 1.807) is 19.2 Å². The zero-order chi connectivity index (χ0) is 12.7. The fraction of sp³-hybridized carbons (Fsp3) is 0.533. The third-order valence-electron chi connectivity index (χ3n) is 4.40. The normalized spacial score (nSPS) is 29.6. The number of methoxy groups -OCH3 is 1. The van der Waals surface area contributed by atoms with E-state index in [2.05, 4.69) is 0 Å². The Morgan fingerprint density at radius 1 is 1.28 bits per heavy atom. The van der Waals surface area contributed by atoms with Crippen molar-refractivity contribution < 1.29 is 9.53 Å². The molecule has 0 bridgehead atoms. The van der Waals surface area contributed by atoms with Gasteiger partial charge in [0.1, 0.15) is 5.75 Å². The number of carbonyl (C=O) groups excluding carboxylic acids is 1. The summed E-state index contributed by atoms with van der Waals surface area (Å²) in [6, 6.07) is 5.35. The van der Waals surface area contributed by atoms with Crippen molar-refractivity contribution in [3.05, 3.63) is 28.8 Å². The molecule has 2 unspecified atom stereocenters. The Morgan fingerprint density at radius 2 is 1.94 bits per heavy atom. The fourth-order valence-corrected chi connectivity index (χ4v) is 3.65. The van der Waals surface area contributed by atoms with E-state index in [4.69, 9.17) is 16.3 Å². The SMILES string of the molecule is COc1ccc(C(=O)C2C3CCCCC32)cc1Cl. The second-order valence-electron chi connectivity index (χ2n) is 5.35.